The van der Waals surface area contributed by atoms with Crippen molar-refractivity contribution in [3.8, 4) is 11.1 Å². The maximum atomic E-state index is 10.4. The van der Waals surface area contributed by atoms with Crippen LogP contribution in [0.1, 0.15) is 12.0 Å². The predicted octanol–water partition coefficient (Wildman–Crippen LogP) is 8.13. The number of carbonyl (C=O) groups is 1. The largest absolute Gasteiger partial charge is 0.468 e. The summed E-state index contributed by atoms with van der Waals surface area (Å²) in [6.45, 7) is 0.933. The lowest BCUT2D eigenvalue weighted by Crippen LogP contribution is -2.10. The van der Waals surface area contributed by atoms with E-state index in [2.05, 4.69) is 101 Å². The number of aryl methyl sites for hydroxylation is 1. The molecule has 178 valence electrons. The molecule has 0 aliphatic carbocycles. The first-order valence-electron chi connectivity index (χ1n) is 11.9. The van der Waals surface area contributed by atoms with Crippen molar-refractivity contribution in [2.45, 2.75) is 12.8 Å². The van der Waals surface area contributed by atoms with E-state index in [1.54, 1.807) is 12.3 Å². The zero-order valence-electron chi connectivity index (χ0n) is 19.7. The van der Waals surface area contributed by atoms with E-state index in [-0.39, 0.29) is 0 Å². The van der Waals surface area contributed by atoms with Gasteiger partial charge in [-0.2, -0.15) is 0 Å². The molecule has 5 rings (SSSR count). The van der Waals surface area contributed by atoms with Gasteiger partial charge in [-0.1, -0.05) is 72.3 Å². The minimum absolute atomic E-state index is 0.433. The van der Waals surface area contributed by atoms with Gasteiger partial charge in [-0.15, -0.1) is 0 Å². The van der Waals surface area contributed by atoms with Crippen LogP contribution in [0.5, 0.6) is 0 Å². The lowest BCUT2D eigenvalue weighted by molar-refractivity contribution is -0.128. The van der Waals surface area contributed by atoms with E-state index in [0.29, 0.717) is 18.2 Å². The summed E-state index contributed by atoms with van der Waals surface area (Å²) in [5, 5.41) is 2.86. The Morgan fingerprint density at radius 1 is 0.778 bits per heavy atom. The number of aromatic nitrogens is 1. The van der Waals surface area contributed by atoms with Gasteiger partial charge in [0.05, 0.1) is 12.3 Å². The third-order valence-corrected chi connectivity index (χ3v) is 6.41. The van der Waals surface area contributed by atoms with Crippen molar-refractivity contribution in [3.05, 3.63) is 120 Å². The second-order valence-corrected chi connectivity index (χ2v) is 8.87. The molecule has 0 saturated heterocycles. The molecule has 0 spiro atoms. The van der Waals surface area contributed by atoms with E-state index in [1.807, 2.05) is 6.07 Å². The lowest BCUT2D eigenvalue weighted by Gasteiger charge is -2.27. The van der Waals surface area contributed by atoms with Crippen molar-refractivity contribution in [3.63, 3.8) is 0 Å². The van der Waals surface area contributed by atoms with E-state index in [4.69, 9.17) is 16.3 Å². The maximum absolute atomic E-state index is 10.4. The summed E-state index contributed by atoms with van der Waals surface area (Å²) in [6, 6.07) is 35.7. The van der Waals surface area contributed by atoms with Crippen molar-refractivity contribution < 1.29 is 9.53 Å². The minimum atomic E-state index is 0.433. The average molecular weight is 493 g/mol. The molecule has 5 heteroatoms. The van der Waals surface area contributed by atoms with E-state index in [0.717, 1.165) is 41.0 Å². The van der Waals surface area contributed by atoms with Gasteiger partial charge in [-0.05, 0) is 71.8 Å². The fraction of sp³-hybridized carbons (Fsp3) is 0.0968. The minimum Gasteiger partial charge on any atom is -0.468 e. The first-order chi connectivity index (χ1) is 17.7. The molecule has 0 unspecified atom stereocenters. The van der Waals surface area contributed by atoms with Crippen molar-refractivity contribution in [2.24, 2.45) is 0 Å². The highest BCUT2D eigenvalue weighted by atomic mass is 35.5. The molecule has 4 nitrogen and oxygen atoms in total. The van der Waals surface area contributed by atoms with Crippen LogP contribution in [-0.4, -0.2) is 18.1 Å². The number of hydrogen-bond donors (Lipinski definition) is 0. The molecule has 4 aromatic carbocycles. The summed E-state index contributed by atoms with van der Waals surface area (Å²) in [6.07, 6.45) is 3.44. The van der Waals surface area contributed by atoms with Gasteiger partial charge in [0.15, 0.2) is 0 Å². The van der Waals surface area contributed by atoms with Gasteiger partial charge in [-0.3, -0.25) is 4.79 Å². The number of fused-ring (bicyclic) bond motifs is 1. The standard InChI is InChI=1S/C31H25ClN2O2/c32-31-19-14-26(21-33-31)24-12-17-28(18-13-24)34(30-9-3-7-25-6-1-2-8-29(25)30)27-15-10-23(11-16-27)5-4-20-36-22-35/h1-3,6-19,21-22H,4-5,20H2. The molecule has 0 aliphatic rings. The first kappa shape index (κ1) is 23.6. The Morgan fingerprint density at radius 3 is 2.19 bits per heavy atom. The maximum Gasteiger partial charge on any atom is 0.293 e. The lowest BCUT2D eigenvalue weighted by atomic mass is 10.0. The van der Waals surface area contributed by atoms with E-state index >= 15 is 0 Å². The quantitative estimate of drug-likeness (QED) is 0.118. The molecular formula is C31H25ClN2O2. The monoisotopic (exact) mass is 492 g/mol. The number of halogens is 1. The van der Waals surface area contributed by atoms with Crippen molar-refractivity contribution in [1.82, 2.24) is 4.98 Å². The van der Waals surface area contributed by atoms with Crippen LogP contribution < -0.4 is 4.90 Å². The van der Waals surface area contributed by atoms with Crippen LogP contribution in [0, 0.1) is 0 Å². The van der Waals surface area contributed by atoms with Gasteiger partial charge in [-0.25, -0.2) is 4.98 Å². The molecule has 0 aliphatic heterocycles. The smallest absolute Gasteiger partial charge is 0.293 e. The summed E-state index contributed by atoms with van der Waals surface area (Å²) >= 11 is 5.96. The zero-order valence-corrected chi connectivity index (χ0v) is 20.4. The second kappa shape index (κ2) is 11.1. The number of rotatable bonds is 9. The highest BCUT2D eigenvalue weighted by Gasteiger charge is 2.15. The molecule has 0 saturated carbocycles. The Bertz CT molecular complexity index is 1440. The molecule has 36 heavy (non-hydrogen) atoms. The zero-order chi connectivity index (χ0) is 24.7. The normalized spacial score (nSPS) is 10.8. The molecule has 1 heterocycles. The number of carbonyl (C=O) groups excluding carboxylic acids is 1. The molecule has 0 bridgehead atoms. The SMILES string of the molecule is O=COCCCc1ccc(N(c2ccc(-c3ccc(Cl)nc3)cc2)c2cccc3ccccc23)cc1. The third kappa shape index (κ3) is 5.24. The summed E-state index contributed by atoms with van der Waals surface area (Å²) in [7, 11) is 0. The van der Waals surface area contributed by atoms with Crippen LogP contribution >= 0.6 is 11.6 Å². The first-order valence-corrected chi connectivity index (χ1v) is 12.2. The highest BCUT2D eigenvalue weighted by Crippen LogP contribution is 2.39. The van der Waals surface area contributed by atoms with Crippen LogP contribution in [0.3, 0.4) is 0 Å². The Hall–Kier alpha value is -4.15. The van der Waals surface area contributed by atoms with Crippen molar-refractivity contribution in [2.75, 3.05) is 11.5 Å². The highest BCUT2D eigenvalue weighted by molar-refractivity contribution is 6.29. The molecule has 5 aromatic rings. The van der Waals surface area contributed by atoms with Crippen LogP contribution in [0.2, 0.25) is 5.15 Å². The Morgan fingerprint density at radius 2 is 1.47 bits per heavy atom. The Balaban J connectivity index is 1.52. The molecule has 0 amide bonds. The van der Waals surface area contributed by atoms with Gasteiger partial charge < -0.3 is 9.64 Å². The summed E-state index contributed by atoms with van der Waals surface area (Å²) < 4.78 is 4.82. The molecule has 0 fully saturated rings. The van der Waals surface area contributed by atoms with Crippen LogP contribution in [0.4, 0.5) is 17.1 Å². The number of ether oxygens (including phenoxy) is 1. The fourth-order valence-electron chi connectivity index (χ4n) is 4.40. The van der Waals surface area contributed by atoms with Gasteiger partial charge in [0.2, 0.25) is 0 Å². The molecule has 0 atom stereocenters. The van der Waals surface area contributed by atoms with E-state index in [9.17, 15) is 4.79 Å². The Labute approximate surface area is 215 Å². The number of benzene rings is 4. The molecule has 0 N–H and O–H groups in total. The molecule has 1 aromatic heterocycles. The average Bonchev–Trinajstić information content (AvgIpc) is 2.93. The molecular weight excluding hydrogens is 468 g/mol. The number of nitrogens with zero attached hydrogens (tertiary/aromatic N) is 2. The topological polar surface area (TPSA) is 42.4 Å². The van der Waals surface area contributed by atoms with Gasteiger partial charge >= 0.3 is 0 Å². The summed E-state index contributed by atoms with van der Waals surface area (Å²) in [5.41, 5.74) is 6.54. The van der Waals surface area contributed by atoms with Crippen LogP contribution in [-0.2, 0) is 16.0 Å². The fourth-order valence-corrected chi connectivity index (χ4v) is 4.51. The van der Waals surface area contributed by atoms with Gasteiger partial charge in [0.1, 0.15) is 5.15 Å². The van der Waals surface area contributed by atoms with E-state index < -0.39 is 0 Å². The van der Waals surface area contributed by atoms with E-state index in [1.165, 1.54) is 16.3 Å². The van der Waals surface area contributed by atoms with Crippen molar-refractivity contribution in [1.29, 1.82) is 0 Å². The third-order valence-electron chi connectivity index (χ3n) is 6.18. The number of anilines is 3. The number of pyridine rings is 1. The Kier molecular flexibility index (Phi) is 7.25. The summed E-state index contributed by atoms with van der Waals surface area (Å²) in [5.74, 6) is 0. The predicted molar refractivity (Wildman–Crippen MR) is 147 cm³/mol. The van der Waals surface area contributed by atoms with Crippen LogP contribution in [0.15, 0.2) is 109 Å². The van der Waals surface area contributed by atoms with Crippen LogP contribution in [0.25, 0.3) is 21.9 Å². The molecule has 0 radical (unpaired) electrons. The van der Waals surface area contributed by atoms with Gasteiger partial charge in [0, 0.05) is 28.5 Å². The second-order valence-electron chi connectivity index (χ2n) is 8.49. The number of hydrogen-bond acceptors (Lipinski definition) is 4. The van der Waals surface area contributed by atoms with Gasteiger partial charge in [0.25, 0.3) is 6.47 Å². The summed E-state index contributed by atoms with van der Waals surface area (Å²) in [4.78, 5) is 16.9. The van der Waals surface area contributed by atoms with Crippen molar-refractivity contribution >= 4 is 45.9 Å².